The van der Waals surface area contributed by atoms with E-state index in [4.69, 9.17) is 11.6 Å². The van der Waals surface area contributed by atoms with Crippen LogP contribution in [0.4, 0.5) is 5.69 Å². The number of nitrogens with zero attached hydrogens (tertiary/aromatic N) is 1. The largest absolute Gasteiger partial charge is 0.383 e. The van der Waals surface area contributed by atoms with E-state index < -0.39 is 0 Å². The monoisotopic (exact) mass is 372 g/mol. The summed E-state index contributed by atoms with van der Waals surface area (Å²) in [5.74, 6) is 0. The Morgan fingerprint density at radius 3 is 2.11 bits per heavy atom. The van der Waals surface area contributed by atoms with Gasteiger partial charge in [0.2, 0.25) is 0 Å². The minimum Gasteiger partial charge on any atom is -0.383 e. The molecule has 134 valence electrons. The van der Waals surface area contributed by atoms with Gasteiger partial charge in [-0.2, -0.15) is 0 Å². The normalized spacial score (nSPS) is 11.5. The van der Waals surface area contributed by atoms with Crippen molar-refractivity contribution in [3.63, 3.8) is 0 Å². The minimum absolute atomic E-state index is 0.162. The molecule has 1 N–H and O–H groups in total. The van der Waals surface area contributed by atoms with Gasteiger partial charge >= 0.3 is 0 Å². The molecule has 4 rings (SSSR count). The van der Waals surface area contributed by atoms with Gasteiger partial charge in [0.1, 0.15) is 0 Å². The van der Waals surface area contributed by atoms with Crippen LogP contribution in [0.5, 0.6) is 0 Å². The molecule has 1 aromatic heterocycles. The summed E-state index contributed by atoms with van der Waals surface area (Å²) >= 11 is 6.12. The van der Waals surface area contributed by atoms with Crippen LogP contribution in [0.25, 0.3) is 10.9 Å². The standard InChI is InChI=1S/C24H21ClN2/c1-24(18-8-4-2-5-9-18,19-10-6-3-7-11-19)17-27-22-14-15-26-23-16-20(25)12-13-21(22)23/h2-16H,17H2,1H3,(H,26,27). The molecule has 0 saturated heterocycles. The molecule has 0 aliphatic heterocycles. The number of rotatable bonds is 5. The second kappa shape index (κ2) is 7.42. The van der Waals surface area contributed by atoms with Gasteiger partial charge in [0.25, 0.3) is 0 Å². The molecule has 3 heteroatoms. The lowest BCUT2D eigenvalue weighted by molar-refractivity contribution is 0.604. The first-order valence-electron chi connectivity index (χ1n) is 9.06. The van der Waals surface area contributed by atoms with Crippen LogP contribution in [0.15, 0.2) is 91.1 Å². The molecule has 0 atom stereocenters. The lowest BCUT2D eigenvalue weighted by atomic mass is 9.76. The first kappa shape index (κ1) is 17.6. The quantitative estimate of drug-likeness (QED) is 0.444. The van der Waals surface area contributed by atoms with E-state index in [-0.39, 0.29) is 5.41 Å². The van der Waals surface area contributed by atoms with Gasteiger partial charge in [-0.1, -0.05) is 72.3 Å². The SMILES string of the molecule is CC(CNc1ccnc2cc(Cl)ccc12)(c1ccccc1)c1ccccc1. The van der Waals surface area contributed by atoms with Crippen molar-refractivity contribution in [1.82, 2.24) is 4.98 Å². The molecule has 1 heterocycles. The smallest absolute Gasteiger partial charge is 0.0737 e. The molecule has 0 saturated carbocycles. The Bertz CT molecular complexity index is 1010. The Kier molecular flexibility index (Phi) is 4.83. The number of fused-ring (bicyclic) bond motifs is 1. The predicted octanol–water partition coefficient (Wildman–Crippen LogP) is 6.31. The van der Waals surface area contributed by atoms with Gasteiger partial charge in [-0.05, 0) is 42.3 Å². The van der Waals surface area contributed by atoms with Gasteiger partial charge in [0.05, 0.1) is 5.52 Å². The van der Waals surface area contributed by atoms with E-state index >= 15 is 0 Å². The molecule has 0 aliphatic carbocycles. The van der Waals surface area contributed by atoms with E-state index in [1.807, 2.05) is 30.5 Å². The zero-order valence-corrected chi connectivity index (χ0v) is 15.9. The first-order chi connectivity index (χ1) is 13.2. The highest BCUT2D eigenvalue weighted by atomic mass is 35.5. The van der Waals surface area contributed by atoms with Crippen LogP contribution in [-0.2, 0) is 5.41 Å². The lowest BCUT2D eigenvalue weighted by Gasteiger charge is -2.32. The number of aromatic nitrogens is 1. The van der Waals surface area contributed by atoms with Crippen LogP contribution in [-0.4, -0.2) is 11.5 Å². The van der Waals surface area contributed by atoms with Crippen LogP contribution in [0, 0.1) is 0 Å². The highest BCUT2D eigenvalue weighted by Gasteiger charge is 2.28. The summed E-state index contributed by atoms with van der Waals surface area (Å²) in [7, 11) is 0. The highest BCUT2D eigenvalue weighted by Crippen LogP contribution is 2.33. The fourth-order valence-corrected chi connectivity index (χ4v) is 3.70. The molecule has 4 aromatic rings. The summed E-state index contributed by atoms with van der Waals surface area (Å²) in [6, 6.07) is 29.1. The van der Waals surface area contributed by atoms with Crippen LogP contribution in [0.3, 0.4) is 0 Å². The van der Waals surface area contributed by atoms with E-state index in [1.54, 1.807) is 0 Å². The van der Waals surface area contributed by atoms with Crippen LogP contribution >= 0.6 is 11.6 Å². The van der Waals surface area contributed by atoms with Crippen molar-refractivity contribution >= 4 is 28.2 Å². The summed E-state index contributed by atoms with van der Waals surface area (Å²) in [5.41, 5.74) is 4.36. The van der Waals surface area contributed by atoms with Crippen molar-refractivity contribution in [2.45, 2.75) is 12.3 Å². The third-order valence-corrected chi connectivity index (χ3v) is 5.39. The molecule has 3 aromatic carbocycles. The van der Waals surface area contributed by atoms with Gasteiger partial charge in [-0.3, -0.25) is 4.98 Å². The summed E-state index contributed by atoms with van der Waals surface area (Å²) in [6.07, 6.45) is 1.82. The zero-order valence-electron chi connectivity index (χ0n) is 15.2. The third-order valence-electron chi connectivity index (χ3n) is 5.16. The number of hydrogen-bond acceptors (Lipinski definition) is 2. The fraction of sp³-hybridized carbons (Fsp3) is 0.125. The number of anilines is 1. The third kappa shape index (κ3) is 3.54. The Labute approximate surface area is 164 Å². The van der Waals surface area contributed by atoms with Crippen molar-refractivity contribution < 1.29 is 0 Å². The second-order valence-corrected chi connectivity index (χ2v) is 7.37. The average Bonchev–Trinajstić information content (AvgIpc) is 2.73. The van der Waals surface area contributed by atoms with E-state index in [1.165, 1.54) is 11.1 Å². The lowest BCUT2D eigenvalue weighted by Crippen LogP contribution is -2.32. The summed E-state index contributed by atoms with van der Waals surface area (Å²) in [6.45, 7) is 3.05. The number of nitrogens with one attached hydrogen (secondary N) is 1. The Morgan fingerprint density at radius 1 is 0.852 bits per heavy atom. The Morgan fingerprint density at radius 2 is 1.48 bits per heavy atom. The van der Waals surface area contributed by atoms with Gasteiger partial charge < -0.3 is 5.32 Å². The Hall–Kier alpha value is -2.84. The van der Waals surface area contributed by atoms with Crippen LogP contribution in [0.2, 0.25) is 5.02 Å². The predicted molar refractivity (Wildman–Crippen MR) is 115 cm³/mol. The van der Waals surface area contributed by atoms with Crippen molar-refractivity contribution in [3.05, 3.63) is 107 Å². The number of hydrogen-bond donors (Lipinski definition) is 1. The Balaban J connectivity index is 1.72. The van der Waals surface area contributed by atoms with Crippen LogP contribution < -0.4 is 5.32 Å². The van der Waals surface area contributed by atoms with Crippen molar-refractivity contribution in [2.75, 3.05) is 11.9 Å². The maximum atomic E-state index is 6.12. The zero-order chi connectivity index (χ0) is 18.7. The number of pyridine rings is 1. The van der Waals surface area contributed by atoms with Gasteiger partial charge in [0.15, 0.2) is 0 Å². The molecule has 0 amide bonds. The minimum atomic E-state index is -0.162. The topological polar surface area (TPSA) is 24.9 Å². The van der Waals surface area contributed by atoms with Gasteiger partial charge in [-0.15, -0.1) is 0 Å². The van der Waals surface area contributed by atoms with Crippen LogP contribution in [0.1, 0.15) is 18.1 Å². The molecule has 0 unspecified atom stereocenters. The fourth-order valence-electron chi connectivity index (χ4n) is 3.53. The molecule has 2 nitrogen and oxygen atoms in total. The van der Waals surface area contributed by atoms with E-state index in [0.717, 1.165) is 23.1 Å². The molecule has 0 fully saturated rings. The molecule has 0 aliphatic rings. The summed E-state index contributed by atoms with van der Waals surface area (Å²) < 4.78 is 0. The molecule has 0 radical (unpaired) electrons. The van der Waals surface area contributed by atoms with Crippen molar-refractivity contribution in [1.29, 1.82) is 0 Å². The second-order valence-electron chi connectivity index (χ2n) is 6.94. The van der Waals surface area contributed by atoms with Gasteiger partial charge in [-0.25, -0.2) is 0 Å². The van der Waals surface area contributed by atoms with E-state index in [0.29, 0.717) is 5.02 Å². The van der Waals surface area contributed by atoms with Gasteiger partial charge in [0, 0.05) is 34.3 Å². The number of benzene rings is 3. The summed E-state index contributed by atoms with van der Waals surface area (Å²) in [4.78, 5) is 4.44. The molecule has 0 spiro atoms. The molecular weight excluding hydrogens is 352 g/mol. The van der Waals surface area contributed by atoms with E-state index in [2.05, 4.69) is 77.9 Å². The summed E-state index contributed by atoms with van der Waals surface area (Å²) in [5, 5.41) is 5.44. The van der Waals surface area contributed by atoms with Crippen molar-refractivity contribution in [3.8, 4) is 0 Å². The first-order valence-corrected chi connectivity index (χ1v) is 9.44. The number of halogens is 1. The maximum Gasteiger partial charge on any atom is 0.0737 e. The van der Waals surface area contributed by atoms with Crippen molar-refractivity contribution in [2.24, 2.45) is 0 Å². The molecule has 0 bridgehead atoms. The van der Waals surface area contributed by atoms with E-state index in [9.17, 15) is 0 Å². The highest BCUT2D eigenvalue weighted by molar-refractivity contribution is 6.31. The average molecular weight is 373 g/mol. The maximum absolute atomic E-state index is 6.12. The molecule has 27 heavy (non-hydrogen) atoms. The molecular formula is C24H21ClN2.